The average molecular weight is 270 g/mol. The molecule has 0 amide bonds. The Morgan fingerprint density at radius 2 is 1.89 bits per heavy atom. The van der Waals surface area contributed by atoms with E-state index < -0.39 is 0 Å². The molecule has 3 nitrogen and oxygen atoms in total. The van der Waals surface area contributed by atoms with Crippen LogP contribution >= 0.6 is 11.6 Å². The summed E-state index contributed by atoms with van der Waals surface area (Å²) < 4.78 is 0. The fourth-order valence-corrected chi connectivity index (χ4v) is 1.94. The summed E-state index contributed by atoms with van der Waals surface area (Å²) >= 11 is 5.96. The van der Waals surface area contributed by atoms with Crippen LogP contribution in [0.4, 0.5) is 0 Å². The Balaban J connectivity index is 2.34. The minimum Gasteiger partial charge on any atom is -0.324 e. The quantitative estimate of drug-likeness (QED) is 0.824. The predicted octanol–water partition coefficient (Wildman–Crippen LogP) is 2.22. The molecule has 1 aromatic rings. The second kappa shape index (κ2) is 7.74. The van der Waals surface area contributed by atoms with Crippen molar-refractivity contribution in [2.24, 2.45) is 5.73 Å². The highest BCUT2D eigenvalue weighted by atomic mass is 35.5. The van der Waals surface area contributed by atoms with E-state index in [0.29, 0.717) is 0 Å². The van der Waals surface area contributed by atoms with Gasteiger partial charge < -0.3 is 15.5 Å². The molecule has 1 unspecified atom stereocenters. The Morgan fingerprint density at radius 3 is 2.50 bits per heavy atom. The number of nitrogens with two attached hydrogens (primary N) is 1. The van der Waals surface area contributed by atoms with E-state index in [1.165, 1.54) is 0 Å². The summed E-state index contributed by atoms with van der Waals surface area (Å²) in [5.74, 6) is 0. The van der Waals surface area contributed by atoms with Gasteiger partial charge in [0.1, 0.15) is 0 Å². The molecular formula is C14H24ClN3. The summed E-state index contributed by atoms with van der Waals surface area (Å²) in [6, 6.07) is 7.88. The van der Waals surface area contributed by atoms with Crippen LogP contribution in [0.3, 0.4) is 0 Å². The number of halogens is 1. The van der Waals surface area contributed by atoms with E-state index in [-0.39, 0.29) is 6.04 Å². The highest BCUT2D eigenvalue weighted by molar-refractivity contribution is 6.30. The molecule has 0 radical (unpaired) electrons. The van der Waals surface area contributed by atoms with Gasteiger partial charge in [0.2, 0.25) is 0 Å². The molecule has 0 bridgehead atoms. The van der Waals surface area contributed by atoms with Crippen LogP contribution in [0.1, 0.15) is 18.0 Å². The lowest BCUT2D eigenvalue weighted by atomic mass is 10.0. The van der Waals surface area contributed by atoms with E-state index >= 15 is 0 Å². The molecule has 0 fully saturated rings. The maximum atomic E-state index is 6.17. The zero-order chi connectivity index (χ0) is 13.5. The number of hydrogen-bond acceptors (Lipinski definition) is 3. The third kappa shape index (κ3) is 5.83. The second-order valence-corrected chi connectivity index (χ2v) is 5.49. The second-order valence-electron chi connectivity index (χ2n) is 5.06. The Labute approximate surface area is 116 Å². The number of benzene rings is 1. The Bertz CT molecular complexity index is 355. The van der Waals surface area contributed by atoms with Gasteiger partial charge in [0.05, 0.1) is 0 Å². The van der Waals surface area contributed by atoms with Crippen molar-refractivity contribution in [3.05, 3.63) is 34.9 Å². The van der Waals surface area contributed by atoms with E-state index in [4.69, 9.17) is 17.3 Å². The van der Waals surface area contributed by atoms with Crippen LogP contribution in [0, 0.1) is 0 Å². The first kappa shape index (κ1) is 15.4. The van der Waals surface area contributed by atoms with Gasteiger partial charge in [0.25, 0.3) is 0 Å². The number of likely N-dealkylation sites (N-methyl/N-ethyl adjacent to an activating group) is 2. The highest BCUT2D eigenvalue weighted by Gasteiger charge is 2.08. The normalized spacial score (nSPS) is 13.3. The third-order valence-electron chi connectivity index (χ3n) is 3.03. The summed E-state index contributed by atoms with van der Waals surface area (Å²) in [7, 11) is 6.31. The first-order valence-electron chi connectivity index (χ1n) is 6.33. The number of hydrogen-bond donors (Lipinski definition) is 1. The SMILES string of the molecule is CN(C)CCN(C)CCC(N)c1cccc(Cl)c1. The van der Waals surface area contributed by atoms with Gasteiger partial charge in [-0.1, -0.05) is 23.7 Å². The van der Waals surface area contributed by atoms with Crippen molar-refractivity contribution in [2.75, 3.05) is 40.8 Å². The van der Waals surface area contributed by atoms with Crippen LogP contribution in [-0.4, -0.2) is 50.6 Å². The zero-order valence-electron chi connectivity index (χ0n) is 11.6. The third-order valence-corrected chi connectivity index (χ3v) is 3.26. The minimum absolute atomic E-state index is 0.0607. The fourth-order valence-electron chi connectivity index (χ4n) is 1.75. The Morgan fingerprint density at radius 1 is 1.17 bits per heavy atom. The molecule has 0 spiro atoms. The Hall–Kier alpha value is -0.610. The van der Waals surface area contributed by atoms with Crippen LogP contribution in [0.5, 0.6) is 0 Å². The Kier molecular flexibility index (Phi) is 6.65. The molecule has 0 aromatic heterocycles. The lowest BCUT2D eigenvalue weighted by Crippen LogP contribution is -2.30. The average Bonchev–Trinajstić information content (AvgIpc) is 2.33. The summed E-state index contributed by atoms with van der Waals surface area (Å²) in [4.78, 5) is 4.50. The van der Waals surface area contributed by atoms with Gasteiger partial charge in [-0.15, -0.1) is 0 Å². The first-order valence-corrected chi connectivity index (χ1v) is 6.71. The number of rotatable bonds is 7. The van der Waals surface area contributed by atoms with E-state index in [1.807, 2.05) is 24.3 Å². The van der Waals surface area contributed by atoms with Crippen molar-refractivity contribution in [3.8, 4) is 0 Å². The van der Waals surface area contributed by atoms with Crippen molar-refractivity contribution in [3.63, 3.8) is 0 Å². The van der Waals surface area contributed by atoms with E-state index in [1.54, 1.807) is 0 Å². The summed E-state index contributed by atoms with van der Waals surface area (Å²) in [6.45, 7) is 3.14. The molecule has 102 valence electrons. The molecule has 0 saturated carbocycles. The van der Waals surface area contributed by atoms with Crippen molar-refractivity contribution < 1.29 is 0 Å². The van der Waals surface area contributed by atoms with Crippen LogP contribution < -0.4 is 5.73 Å². The molecular weight excluding hydrogens is 246 g/mol. The standard InChI is InChI=1S/C14H24ClN3/c1-17(2)9-10-18(3)8-7-14(16)12-5-4-6-13(15)11-12/h4-6,11,14H,7-10,16H2,1-3H3. The van der Waals surface area contributed by atoms with Gasteiger partial charge in [0, 0.05) is 24.2 Å². The maximum Gasteiger partial charge on any atom is 0.0409 e. The van der Waals surface area contributed by atoms with Gasteiger partial charge >= 0.3 is 0 Å². The lowest BCUT2D eigenvalue weighted by Gasteiger charge is -2.21. The van der Waals surface area contributed by atoms with Crippen molar-refractivity contribution in [1.82, 2.24) is 9.80 Å². The smallest absolute Gasteiger partial charge is 0.0409 e. The first-order chi connectivity index (χ1) is 8.49. The molecule has 1 aromatic carbocycles. The molecule has 0 aliphatic heterocycles. The molecule has 0 saturated heterocycles. The predicted molar refractivity (Wildman–Crippen MR) is 79.0 cm³/mol. The van der Waals surface area contributed by atoms with E-state index in [9.17, 15) is 0 Å². The van der Waals surface area contributed by atoms with Crippen molar-refractivity contribution in [2.45, 2.75) is 12.5 Å². The largest absolute Gasteiger partial charge is 0.324 e. The van der Waals surface area contributed by atoms with Gasteiger partial charge in [-0.2, -0.15) is 0 Å². The molecule has 1 rings (SSSR count). The highest BCUT2D eigenvalue weighted by Crippen LogP contribution is 2.18. The zero-order valence-corrected chi connectivity index (χ0v) is 12.3. The molecule has 2 N–H and O–H groups in total. The monoisotopic (exact) mass is 269 g/mol. The minimum atomic E-state index is 0.0607. The van der Waals surface area contributed by atoms with Gasteiger partial charge in [-0.25, -0.2) is 0 Å². The summed E-state index contributed by atoms with van der Waals surface area (Å²) in [5, 5.41) is 0.754. The molecule has 1 atom stereocenters. The topological polar surface area (TPSA) is 32.5 Å². The summed E-state index contributed by atoms with van der Waals surface area (Å²) in [5.41, 5.74) is 7.29. The van der Waals surface area contributed by atoms with Crippen LogP contribution in [-0.2, 0) is 0 Å². The van der Waals surface area contributed by atoms with Gasteiger partial charge in [0.15, 0.2) is 0 Å². The van der Waals surface area contributed by atoms with Crippen LogP contribution in [0.15, 0.2) is 24.3 Å². The molecule has 4 heteroatoms. The molecule has 0 aliphatic rings. The van der Waals surface area contributed by atoms with E-state index in [2.05, 4.69) is 30.9 Å². The van der Waals surface area contributed by atoms with Crippen LogP contribution in [0.25, 0.3) is 0 Å². The molecule has 0 aliphatic carbocycles. The van der Waals surface area contributed by atoms with Gasteiger partial charge in [-0.3, -0.25) is 0 Å². The maximum absolute atomic E-state index is 6.17. The fraction of sp³-hybridized carbons (Fsp3) is 0.571. The summed E-state index contributed by atoms with van der Waals surface area (Å²) in [6.07, 6.45) is 0.949. The molecule has 18 heavy (non-hydrogen) atoms. The van der Waals surface area contributed by atoms with Crippen molar-refractivity contribution in [1.29, 1.82) is 0 Å². The van der Waals surface area contributed by atoms with Crippen molar-refractivity contribution >= 4 is 11.6 Å². The molecule has 0 heterocycles. The number of nitrogens with zero attached hydrogens (tertiary/aromatic N) is 2. The van der Waals surface area contributed by atoms with Crippen LogP contribution in [0.2, 0.25) is 5.02 Å². The van der Waals surface area contributed by atoms with Gasteiger partial charge in [-0.05, 0) is 51.8 Å². The lowest BCUT2D eigenvalue weighted by molar-refractivity contribution is 0.274. The van der Waals surface area contributed by atoms with E-state index in [0.717, 1.165) is 36.6 Å².